The highest BCUT2D eigenvalue weighted by molar-refractivity contribution is 5.75. The first kappa shape index (κ1) is 12.5. The molecule has 0 atom stereocenters. The minimum absolute atomic E-state index is 0.392. The summed E-state index contributed by atoms with van der Waals surface area (Å²) in [7, 11) is 0. The van der Waals surface area contributed by atoms with E-state index in [9.17, 15) is 13.2 Å². The maximum Gasteiger partial charge on any atom is 0.406 e. The third-order valence-electron chi connectivity index (χ3n) is 3.41. The summed E-state index contributed by atoms with van der Waals surface area (Å²) in [6.07, 6.45) is -3.63. The number of aromatic nitrogens is 2. The van der Waals surface area contributed by atoms with Crippen molar-refractivity contribution in [2.24, 2.45) is 5.92 Å². The monoisotopic (exact) mass is 269 g/mol. The number of benzene rings is 1. The first-order valence-electron chi connectivity index (χ1n) is 6.24. The van der Waals surface area contributed by atoms with Gasteiger partial charge in [-0.15, -0.1) is 0 Å². The summed E-state index contributed by atoms with van der Waals surface area (Å²) in [5.41, 5.74) is 1.19. The number of nitrogens with zero attached hydrogens (tertiary/aromatic N) is 2. The number of rotatable bonds is 3. The summed E-state index contributed by atoms with van der Waals surface area (Å²) in [6.45, 7) is 0.743. The molecule has 3 rings (SSSR count). The van der Waals surface area contributed by atoms with Gasteiger partial charge in [-0.3, -0.25) is 0 Å². The van der Waals surface area contributed by atoms with Crippen LogP contribution in [0.1, 0.15) is 5.82 Å². The van der Waals surface area contributed by atoms with E-state index in [-0.39, 0.29) is 0 Å². The lowest BCUT2D eigenvalue weighted by Crippen LogP contribution is -2.43. The molecule has 2 aromatic rings. The molecular weight excluding hydrogens is 255 g/mol. The van der Waals surface area contributed by atoms with Gasteiger partial charge in [0.2, 0.25) is 0 Å². The molecule has 102 valence electrons. The fraction of sp³-hybridized carbons (Fsp3) is 0.462. The van der Waals surface area contributed by atoms with Crippen molar-refractivity contribution in [2.45, 2.75) is 19.1 Å². The predicted molar refractivity (Wildman–Crippen MR) is 65.9 cm³/mol. The second-order valence-electron chi connectivity index (χ2n) is 4.95. The first-order chi connectivity index (χ1) is 9.03. The average molecular weight is 269 g/mol. The van der Waals surface area contributed by atoms with Crippen LogP contribution in [0.4, 0.5) is 13.2 Å². The van der Waals surface area contributed by atoms with Gasteiger partial charge in [-0.1, -0.05) is 12.1 Å². The van der Waals surface area contributed by atoms with E-state index in [4.69, 9.17) is 0 Å². The summed E-state index contributed by atoms with van der Waals surface area (Å²) in [5.74, 6) is 0.925. The molecule has 0 amide bonds. The largest absolute Gasteiger partial charge is 0.406 e. The predicted octanol–water partition coefficient (Wildman–Crippen LogP) is 2.36. The Morgan fingerprint density at radius 2 is 2.00 bits per heavy atom. The molecule has 0 spiro atoms. The van der Waals surface area contributed by atoms with E-state index >= 15 is 0 Å². The van der Waals surface area contributed by atoms with Crippen molar-refractivity contribution >= 4 is 11.0 Å². The molecule has 1 fully saturated rings. The smallest absolute Gasteiger partial charge is 0.319 e. The van der Waals surface area contributed by atoms with E-state index in [0.29, 0.717) is 29.2 Å². The lowest BCUT2D eigenvalue weighted by molar-refractivity contribution is -0.140. The minimum atomic E-state index is -4.23. The van der Waals surface area contributed by atoms with E-state index in [2.05, 4.69) is 10.3 Å². The average Bonchev–Trinajstić information content (AvgIpc) is 2.60. The molecule has 1 aliphatic rings. The first-order valence-corrected chi connectivity index (χ1v) is 6.24. The summed E-state index contributed by atoms with van der Waals surface area (Å²) >= 11 is 0. The van der Waals surface area contributed by atoms with Gasteiger partial charge >= 0.3 is 6.18 Å². The van der Waals surface area contributed by atoms with Crippen molar-refractivity contribution in [1.29, 1.82) is 0 Å². The molecule has 0 saturated carbocycles. The molecule has 0 radical (unpaired) electrons. The SMILES string of the molecule is FC(F)(F)Cn1c(CC2CNC2)nc2ccccc21. The van der Waals surface area contributed by atoms with Gasteiger partial charge < -0.3 is 9.88 Å². The van der Waals surface area contributed by atoms with Crippen molar-refractivity contribution in [2.75, 3.05) is 13.1 Å². The van der Waals surface area contributed by atoms with Crippen molar-refractivity contribution in [3.63, 3.8) is 0 Å². The highest BCUT2D eigenvalue weighted by Crippen LogP contribution is 2.25. The lowest BCUT2D eigenvalue weighted by atomic mass is 9.99. The van der Waals surface area contributed by atoms with Gasteiger partial charge in [-0.25, -0.2) is 4.98 Å². The second-order valence-corrected chi connectivity index (χ2v) is 4.95. The van der Waals surface area contributed by atoms with Gasteiger partial charge in [-0.05, 0) is 31.1 Å². The Balaban J connectivity index is 2.00. The molecule has 2 heterocycles. The van der Waals surface area contributed by atoms with Crippen LogP contribution < -0.4 is 5.32 Å². The molecule has 0 unspecified atom stereocenters. The molecule has 0 aliphatic carbocycles. The maximum absolute atomic E-state index is 12.7. The Kier molecular flexibility index (Phi) is 2.97. The highest BCUT2D eigenvalue weighted by Gasteiger charge is 2.31. The molecule has 0 bridgehead atoms. The number of imidazole rings is 1. The van der Waals surface area contributed by atoms with Crippen LogP contribution in [-0.4, -0.2) is 28.8 Å². The Hall–Kier alpha value is -1.56. The van der Waals surface area contributed by atoms with Crippen molar-refractivity contribution < 1.29 is 13.2 Å². The second kappa shape index (κ2) is 4.52. The van der Waals surface area contributed by atoms with E-state index in [1.807, 2.05) is 0 Å². The van der Waals surface area contributed by atoms with Gasteiger partial charge in [0.25, 0.3) is 0 Å². The number of nitrogens with one attached hydrogen (secondary N) is 1. The standard InChI is InChI=1S/C13H14F3N3/c14-13(15,16)8-19-11-4-2-1-3-10(11)18-12(19)5-9-6-17-7-9/h1-4,9,17H,5-8H2. The zero-order valence-electron chi connectivity index (χ0n) is 10.2. The van der Waals surface area contributed by atoms with Crippen LogP contribution >= 0.6 is 0 Å². The summed E-state index contributed by atoms with van der Waals surface area (Å²) < 4.78 is 39.4. The molecule has 1 aromatic carbocycles. The Bertz CT molecular complexity index is 584. The zero-order chi connectivity index (χ0) is 13.5. The van der Waals surface area contributed by atoms with Crippen LogP contribution in [-0.2, 0) is 13.0 Å². The van der Waals surface area contributed by atoms with Gasteiger partial charge in [0.15, 0.2) is 0 Å². The molecule has 1 saturated heterocycles. The fourth-order valence-electron chi connectivity index (χ4n) is 2.39. The number of para-hydroxylation sites is 2. The maximum atomic E-state index is 12.7. The van der Waals surface area contributed by atoms with Gasteiger partial charge in [-0.2, -0.15) is 13.2 Å². The molecule has 1 aliphatic heterocycles. The van der Waals surface area contributed by atoms with Crippen LogP contribution in [0.2, 0.25) is 0 Å². The Morgan fingerprint density at radius 1 is 1.26 bits per heavy atom. The van der Waals surface area contributed by atoms with Crippen molar-refractivity contribution in [3.05, 3.63) is 30.1 Å². The molecule has 6 heteroatoms. The Morgan fingerprint density at radius 3 is 2.63 bits per heavy atom. The zero-order valence-corrected chi connectivity index (χ0v) is 10.2. The van der Waals surface area contributed by atoms with E-state index < -0.39 is 12.7 Å². The minimum Gasteiger partial charge on any atom is -0.319 e. The van der Waals surface area contributed by atoms with Crippen LogP contribution in [0, 0.1) is 5.92 Å². The summed E-state index contributed by atoms with van der Waals surface area (Å²) in [6, 6.07) is 6.98. The fourth-order valence-corrected chi connectivity index (χ4v) is 2.39. The Labute approximate surface area is 108 Å². The molecule has 1 N–H and O–H groups in total. The van der Waals surface area contributed by atoms with Gasteiger partial charge in [0, 0.05) is 6.42 Å². The topological polar surface area (TPSA) is 29.9 Å². The highest BCUT2D eigenvalue weighted by atomic mass is 19.4. The quantitative estimate of drug-likeness (QED) is 0.927. The van der Waals surface area contributed by atoms with Gasteiger partial charge in [0.05, 0.1) is 11.0 Å². The number of hydrogen-bond acceptors (Lipinski definition) is 2. The molecular formula is C13H14F3N3. The van der Waals surface area contributed by atoms with Crippen LogP contribution in [0.25, 0.3) is 11.0 Å². The number of halogens is 3. The normalized spacial score (nSPS) is 16.8. The molecule has 1 aromatic heterocycles. The lowest BCUT2D eigenvalue weighted by Gasteiger charge is -2.27. The number of fused-ring (bicyclic) bond motifs is 1. The molecule has 19 heavy (non-hydrogen) atoms. The summed E-state index contributed by atoms with van der Waals surface area (Å²) in [5, 5.41) is 3.12. The van der Waals surface area contributed by atoms with E-state index in [1.165, 1.54) is 4.57 Å². The van der Waals surface area contributed by atoms with Crippen molar-refractivity contribution in [1.82, 2.24) is 14.9 Å². The summed E-state index contributed by atoms with van der Waals surface area (Å²) in [4.78, 5) is 4.35. The third kappa shape index (κ3) is 2.58. The number of hydrogen-bond donors (Lipinski definition) is 1. The van der Waals surface area contributed by atoms with Crippen LogP contribution in [0.3, 0.4) is 0 Å². The van der Waals surface area contributed by atoms with Gasteiger partial charge in [0.1, 0.15) is 12.4 Å². The van der Waals surface area contributed by atoms with E-state index in [1.54, 1.807) is 24.3 Å². The van der Waals surface area contributed by atoms with Crippen LogP contribution in [0.15, 0.2) is 24.3 Å². The van der Waals surface area contributed by atoms with Crippen molar-refractivity contribution in [3.8, 4) is 0 Å². The third-order valence-corrected chi connectivity index (χ3v) is 3.41. The van der Waals surface area contributed by atoms with Crippen LogP contribution in [0.5, 0.6) is 0 Å². The molecule has 3 nitrogen and oxygen atoms in total. The van der Waals surface area contributed by atoms with E-state index in [0.717, 1.165) is 13.1 Å². The number of alkyl halides is 3.